The maximum atomic E-state index is 14.8. The largest absolute Gasteiger partial charge is 0.372 e. The lowest BCUT2D eigenvalue weighted by Gasteiger charge is -2.37. The van der Waals surface area contributed by atoms with E-state index in [0.717, 1.165) is 0 Å². The highest BCUT2D eigenvalue weighted by atomic mass is 32.1. The molecule has 0 saturated carbocycles. The first-order valence-electron chi connectivity index (χ1n) is 10.6. The molecule has 31 heavy (non-hydrogen) atoms. The van der Waals surface area contributed by atoms with Gasteiger partial charge in [-0.2, -0.15) is 0 Å². The van der Waals surface area contributed by atoms with E-state index in [2.05, 4.69) is 10.6 Å². The molecule has 0 spiro atoms. The fraction of sp³-hybridized carbons (Fsp3) is 0.478. The van der Waals surface area contributed by atoms with E-state index in [1.807, 2.05) is 44.0 Å². The summed E-state index contributed by atoms with van der Waals surface area (Å²) in [6.45, 7) is 9.16. The second-order valence-electron chi connectivity index (χ2n) is 8.34. The van der Waals surface area contributed by atoms with Crippen LogP contribution in [0.25, 0.3) is 0 Å². The molecule has 6 nitrogen and oxygen atoms in total. The SMILES string of the molecule is CC1CN(c2ccc(CNC(=O)C(NC(=O)c3cccs3)C(C)C)cc2F)CC(C)O1. The lowest BCUT2D eigenvalue weighted by molar-refractivity contribution is -0.124. The number of amides is 2. The molecule has 2 N–H and O–H groups in total. The number of thiophene rings is 1. The van der Waals surface area contributed by atoms with Crippen molar-refractivity contribution in [2.45, 2.75) is 52.5 Å². The lowest BCUT2D eigenvalue weighted by Crippen LogP contribution is -2.49. The predicted molar refractivity (Wildman–Crippen MR) is 121 cm³/mol. The maximum absolute atomic E-state index is 14.8. The zero-order valence-corrected chi connectivity index (χ0v) is 19.2. The van der Waals surface area contributed by atoms with E-state index >= 15 is 0 Å². The van der Waals surface area contributed by atoms with E-state index in [0.29, 0.717) is 29.2 Å². The third-order valence-electron chi connectivity index (χ3n) is 5.22. The van der Waals surface area contributed by atoms with Crippen molar-refractivity contribution in [3.63, 3.8) is 0 Å². The smallest absolute Gasteiger partial charge is 0.262 e. The number of halogens is 1. The number of carbonyl (C=O) groups is 2. The first-order chi connectivity index (χ1) is 14.7. The molecular formula is C23H30FN3O3S. The number of carbonyl (C=O) groups excluding carboxylic acids is 2. The standard InChI is InChI=1S/C23H30FN3O3S/c1-14(2)21(26-22(28)20-6-5-9-31-20)23(29)25-11-17-7-8-19(18(24)10-17)27-12-15(3)30-16(4)13-27/h5-10,14-16,21H,11-13H2,1-4H3,(H,25,29)(H,26,28). The molecule has 1 aliphatic rings. The fourth-order valence-corrected chi connectivity index (χ4v) is 4.37. The molecule has 8 heteroatoms. The van der Waals surface area contributed by atoms with Gasteiger partial charge >= 0.3 is 0 Å². The van der Waals surface area contributed by atoms with Crippen LogP contribution in [0.15, 0.2) is 35.7 Å². The van der Waals surface area contributed by atoms with Gasteiger partial charge in [0.25, 0.3) is 5.91 Å². The summed E-state index contributed by atoms with van der Waals surface area (Å²) in [4.78, 5) is 27.6. The second kappa shape index (κ2) is 10.2. The summed E-state index contributed by atoms with van der Waals surface area (Å²) in [5, 5.41) is 7.43. The average molecular weight is 448 g/mol. The van der Waals surface area contributed by atoms with Crippen LogP contribution in [-0.2, 0) is 16.1 Å². The molecule has 1 fully saturated rings. The Morgan fingerprint density at radius 3 is 2.52 bits per heavy atom. The molecule has 3 unspecified atom stereocenters. The van der Waals surface area contributed by atoms with Crippen molar-refractivity contribution in [2.24, 2.45) is 5.92 Å². The Bertz CT molecular complexity index is 893. The van der Waals surface area contributed by atoms with Crippen LogP contribution >= 0.6 is 11.3 Å². The van der Waals surface area contributed by atoms with E-state index < -0.39 is 6.04 Å². The minimum absolute atomic E-state index is 0.0412. The zero-order chi connectivity index (χ0) is 22.5. The normalized spacial score (nSPS) is 19.9. The first kappa shape index (κ1) is 23.2. The van der Waals surface area contributed by atoms with Crippen LogP contribution in [0.2, 0.25) is 0 Å². The number of nitrogens with one attached hydrogen (secondary N) is 2. The quantitative estimate of drug-likeness (QED) is 0.681. The highest BCUT2D eigenvalue weighted by molar-refractivity contribution is 7.12. The van der Waals surface area contributed by atoms with Crippen molar-refractivity contribution in [2.75, 3.05) is 18.0 Å². The zero-order valence-electron chi connectivity index (χ0n) is 18.4. The van der Waals surface area contributed by atoms with Crippen LogP contribution < -0.4 is 15.5 Å². The van der Waals surface area contributed by atoms with Crippen LogP contribution in [0.4, 0.5) is 10.1 Å². The molecule has 2 aromatic rings. The summed E-state index contributed by atoms with van der Waals surface area (Å²) < 4.78 is 20.5. The van der Waals surface area contributed by atoms with Crippen molar-refractivity contribution in [3.05, 3.63) is 52.0 Å². The van der Waals surface area contributed by atoms with Gasteiger partial charge in [-0.15, -0.1) is 11.3 Å². The van der Waals surface area contributed by atoms with Gasteiger partial charge in [-0.3, -0.25) is 9.59 Å². The van der Waals surface area contributed by atoms with Gasteiger partial charge in [-0.05, 0) is 48.9 Å². The third kappa shape index (κ3) is 6.04. The Kier molecular flexibility index (Phi) is 7.67. The Hall–Kier alpha value is -2.45. The summed E-state index contributed by atoms with van der Waals surface area (Å²) in [5.41, 5.74) is 1.20. The molecule has 3 atom stereocenters. The number of benzene rings is 1. The van der Waals surface area contributed by atoms with Gasteiger partial charge < -0.3 is 20.3 Å². The van der Waals surface area contributed by atoms with Gasteiger partial charge in [0.15, 0.2) is 0 Å². The summed E-state index contributed by atoms with van der Waals surface area (Å²) >= 11 is 1.32. The van der Waals surface area contributed by atoms with Gasteiger partial charge in [0.05, 0.1) is 22.8 Å². The number of hydrogen-bond acceptors (Lipinski definition) is 5. The summed E-state index contributed by atoms with van der Waals surface area (Å²) in [5.74, 6) is -0.971. The number of nitrogens with zero attached hydrogens (tertiary/aromatic N) is 1. The van der Waals surface area contributed by atoms with Crippen molar-refractivity contribution in [1.29, 1.82) is 0 Å². The molecular weight excluding hydrogens is 417 g/mol. The predicted octanol–water partition coefficient (Wildman–Crippen LogP) is 3.57. The van der Waals surface area contributed by atoms with Gasteiger partial charge in [0.2, 0.25) is 5.91 Å². The Labute approximate surface area is 186 Å². The fourth-order valence-electron chi connectivity index (χ4n) is 3.75. The van der Waals surface area contributed by atoms with E-state index in [1.54, 1.807) is 18.2 Å². The molecule has 168 valence electrons. The Morgan fingerprint density at radius 2 is 1.94 bits per heavy atom. The minimum atomic E-state index is -0.671. The van der Waals surface area contributed by atoms with Crippen molar-refractivity contribution in [3.8, 4) is 0 Å². The van der Waals surface area contributed by atoms with E-state index in [4.69, 9.17) is 4.74 Å². The molecule has 1 aliphatic heterocycles. The van der Waals surface area contributed by atoms with Crippen LogP contribution in [0.3, 0.4) is 0 Å². The molecule has 1 aromatic heterocycles. The molecule has 1 aromatic carbocycles. The van der Waals surface area contributed by atoms with E-state index in [1.165, 1.54) is 17.4 Å². The molecule has 0 bridgehead atoms. The van der Waals surface area contributed by atoms with Crippen LogP contribution in [0.1, 0.15) is 42.9 Å². The molecule has 0 radical (unpaired) electrons. The second-order valence-corrected chi connectivity index (χ2v) is 9.29. The van der Waals surface area contributed by atoms with Crippen LogP contribution in [-0.4, -0.2) is 43.2 Å². The maximum Gasteiger partial charge on any atom is 0.262 e. The topological polar surface area (TPSA) is 70.7 Å². The molecule has 2 amide bonds. The van der Waals surface area contributed by atoms with Crippen LogP contribution in [0.5, 0.6) is 0 Å². The summed E-state index contributed by atoms with van der Waals surface area (Å²) in [6.07, 6.45) is 0.0824. The van der Waals surface area contributed by atoms with Crippen molar-refractivity contribution >= 4 is 28.8 Å². The molecule has 2 heterocycles. The first-order valence-corrected chi connectivity index (χ1v) is 11.4. The summed E-state index contributed by atoms with van der Waals surface area (Å²) in [7, 11) is 0. The van der Waals surface area contributed by atoms with Crippen LogP contribution in [0, 0.1) is 11.7 Å². The number of ether oxygens (including phenoxy) is 1. The highest BCUT2D eigenvalue weighted by Gasteiger charge is 2.26. The van der Waals surface area contributed by atoms with Gasteiger partial charge in [-0.25, -0.2) is 4.39 Å². The number of hydrogen-bond donors (Lipinski definition) is 2. The number of anilines is 1. The number of rotatable bonds is 7. The highest BCUT2D eigenvalue weighted by Crippen LogP contribution is 2.24. The summed E-state index contributed by atoms with van der Waals surface area (Å²) in [6, 6.07) is 7.86. The Balaban J connectivity index is 1.61. The molecule has 0 aliphatic carbocycles. The third-order valence-corrected chi connectivity index (χ3v) is 6.09. The average Bonchev–Trinajstić information content (AvgIpc) is 3.24. The Morgan fingerprint density at radius 1 is 1.23 bits per heavy atom. The minimum Gasteiger partial charge on any atom is -0.372 e. The molecule has 3 rings (SSSR count). The van der Waals surface area contributed by atoms with Crippen molar-refractivity contribution < 1.29 is 18.7 Å². The lowest BCUT2D eigenvalue weighted by atomic mass is 10.0. The van der Waals surface area contributed by atoms with Gasteiger partial charge in [0, 0.05) is 19.6 Å². The van der Waals surface area contributed by atoms with Gasteiger partial charge in [0.1, 0.15) is 11.9 Å². The van der Waals surface area contributed by atoms with Crippen molar-refractivity contribution in [1.82, 2.24) is 10.6 Å². The molecule has 1 saturated heterocycles. The monoisotopic (exact) mass is 447 g/mol. The van der Waals surface area contributed by atoms with Gasteiger partial charge in [-0.1, -0.05) is 26.0 Å². The van der Waals surface area contributed by atoms with E-state index in [-0.39, 0.29) is 42.3 Å². The van der Waals surface area contributed by atoms with E-state index in [9.17, 15) is 14.0 Å². The number of morpholine rings is 1.